The van der Waals surface area contributed by atoms with Crippen LogP contribution < -0.4 is 0 Å². The molecule has 0 aliphatic carbocycles. The van der Waals surface area contributed by atoms with E-state index in [4.69, 9.17) is 0 Å². The average molecular weight is 211 g/mol. The van der Waals surface area contributed by atoms with E-state index in [2.05, 4.69) is 33.2 Å². The Balaban J connectivity index is 2.22. The first kappa shape index (κ1) is 9.21. The van der Waals surface area contributed by atoms with E-state index in [1.165, 1.54) is 5.39 Å². The van der Waals surface area contributed by atoms with Crippen molar-refractivity contribution in [3.8, 4) is 11.4 Å². The molecule has 0 aliphatic rings. The molecule has 3 rings (SSSR count). The molecule has 0 radical (unpaired) electrons. The van der Waals surface area contributed by atoms with Crippen LogP contribution in [0.5, 0.6) is 0 Å². The van der Waals surface area contributed by atoms with E-state index in [0.717, 1.165) is 28.4 Å². The molecule has 0 unspecified atom stereocenters. The van der Waals surface area contributed by atoms with Crippen LogP contribution in [0.3, 0.4) is 0 Å². The SMILES string of the molecule is Cc1nc(-c2cc3ccccc3[nH]2)c(C)[nH]1. The number of fused-ring (bicyclic) bond motifs is 1. The van der Waals surface area contributed by atoms with Gasteiger partial charge in [-0.3, -0.25) is 0 Å². The minimum Gasteiger partial charge on any atom is -0.353 e. The maximum atomic E-state index is 4.49. The summed E-state index contributed by atoms with van der Waals surface area (Å²) in [5, 5.41) is 1.22. The number of H-pyrrole nitrogens is 2. The standard InChI is InChI=1S/C13H13N3/c1-8-13(15-9(2)14-8)12-7-10-5-3-4-6-11(10)16-12/h3-7,16H,1-2H3,(H,14,15). The van der Waals surface area contributed by atoms with Crippen molar-refractivity contribution in [1.82, 2.24) is 15.0 Å². The number of rotatable bonds is 1. The molecule has 3 heteroatoms. The lowest BCUT2D eigenvalue weighted by atomic mass is 10.2. The van der Waals surface area contributed by atoms with E-state index >= 15 is 0 Å². The van der Waals surface area contributed by atoms with Crippen LogP contribution in [-0.4, -0.2) is 15.0 Å². The van der Waals surface area contributed by atoms with Gasteiger partial charge in [0.05, 0.1) is 5.69 Å². The van der Waals surface area contributed by atoms with Gasteiger partial charge in [-0.15, -0.1) is 0 Å². The molecule has 0 atom stereocenters. The summed E-state index contributed by atoms with van der Waals surface area (Å²) >= 11 is 0. The molecule has 2 aromatic heterocycles. The predicted octanol–water partition coefficient (Wildman–Crippen LogP) is 3.17. The normalized spacial score (nSPS) is 11.1. The van der Waals surface area contributed by atoms with Gasteiger partial charge in [0.2, 0.25) is 0 Å². The van der Waals surface area contributed by atoms with E-state index in [0.29, 0.717) is 0 Å². The number of nitrogens with zero attached hydrogens (tertiary/aromatic N) is 1. The highest BCUT2D eigenvalue weighted by molar-refractivity contribution is 5.85. The fourth-order valence-electron chi connectivity index (χ4n) is 2.07. The summed E-state index contributed by atoms with van der Waals surface area (Å²) in [6.07, 6.45) is 0. The molecule has 16 heavy (non-hydrogen) atoms. The zero-order valence-electron chi connectivity index (χ0n) is 9.33. The lowest BCUT2D eigenvalue weighted by Gasteiger charge is -1.92. The van der Waals surface area contributed by atoms with Crippen molar-refractivity contribution in [1.29, 1.82) is 0 Å². The van der Waals surface area contributed by atoms with E-state index in [1.807, 2.05) is 26.0 Å². The summed E-state index contributed by atoms with van der Waals surface area (Å²) in [4.78, 5) is 11.1. The van der Waals surface area contributed by atoms with Crippen LogP contribution in [0.25, 0.3) is 22.3 Å². The summed E-state index contributed by atoms with van der Waals surface area (Å²) in [5.74, 6) is 0.950. The zero-order chi connectivity index (χ0) is 11.1. The van der Waals surface area contributed by atoms with Crippen LogP contribution in [-0.2, 0) is 0 Å². The van der Waals surface area contributed by atoms with Crippen LogP contribution in [0.15, 0.2) is 30.3 Å². The fraction of sp³-hybridized carbons (Fsp3) is 0.154. The van der Waals surface area contributed by atoms with Crippen molar-refractivity contribution in [2.75, 3.05) is 0 Å². The van der Waals surface area contributed by atoms with Crippen molar-refractivity contribution < 1.29 is 0 Å². The maximum absolute atomic E-state index is 4.49. The molecule has 0 spiro atoms. The molecule has 1 aromatic carbocycles. The summed E-state index contributed by atoms with van der Waals surface area (Å²) in [5.41, 5.74) is 4.33. The molecule has 0 bridgehead atoms. The highest BCUT2D eigenvalue weighted by Gasteiger charge is 2.09. The number of benzene rings is 1. The van der Waals surface area contributed by atoms with Gasteiger partial charge in [0.25, 0.3) is 0 Å². The Kier molecular flexibility index (Phi) is 1.86. The Morgan fingerprint density at radius 3 is 2.56 bits per heavy atom. The van der Waals surface area contributed by atoms with Crippen LogP contribution in [0.1, 0.15) is 11.5 Å². The van der Waals surface area contributed by atoms with Crippen molar-refractivity contribution in [3.05, 3.63) is 41.9 Å². The molecule has 3 nitrogen and oxygen atoms in total. The smallest absolute Gasteiger partial charge is 0.108 e. The number of hydrogen-bond acceptors (Lipinski definition) is 1. The third-order valence-electron chi connectivity index (χ3n) is 2.79. The molecule has 3 aromatic rings. The van der Waals surface area contributed by atoms with Crippen molar-refractivity contribution in [2.24, 2.45) is 0 Å². The van der Waals surface area contributed by atoms with E-state index in [9.17, 15) is 0 Å². The largest absolute Gasteiger partial charge is 0.353 e. The van der Waals surface area contributed by atoms with Gasteiger partial charge in [-0.25, -0.2) is 4.98 Å². The van der Waals surface area contributed by atoms with Crippen molar-refractivity contribution in [2.45, 2.75) is 13.8 Å². The summed E-state index contributed by atoms with van der Waals surface area (Å²) < 4.78 is 0. The van der Waals surface area contributed by atoms with Gasteiger partial charge in [0.1, 0.15) is 11.5 Å². The molecule has 0 saturated heterocycles. The van der Waals surface area contributed by atoms with Crippen LogP contribution in [0, 0.1) is 13.8 Å². The van der Waals surface area contributed by atoms with Crippen molar-refractivity contribution in [3.63, 3.8) is 0 Å². The van der Waals surface area contributed by atoms with Gasteiger partial charge in [-0.05, 0) is 26.0 Å². The lowest BCUT2D eigenvalue weighted by Crippen LogP contribution is -1.80. The van der Waals surface area contributed by atoms with Gasteiger partial charge in [0.15, 0.2) is 0 Å². The second-order valence-corrected chi connectivity index (χ2v) is 4.07. The number of nitrogens with one attached hydrogen (secondary N) is 2. The van der Waals surface area contributed by atoms with Gasteiger partial charge < -0.3 is 9.97 Å². The first-order valence-electron chi connectivity index (χ1n) is 5.35. The summed E-state index contributed by atoms with van der Waals surface area (Å²) in [6.45, 7) is 4.01. The summed E-state index contributed by atoms with van der Waals surface area (Å²) in [6, 6.07) is 10.4. The number of para-hydroxylation sites is 1. The number of aromatic amines is 2. The molecular formula is C13H13N3. The molecule has 0 fully saturated rings. The van der Waals surface area contributed by atoms with Gasteiger partial charge in [-0.2, -0.15) is 0 Å². The third-order valence-corrected chi connectivity index (χ3v) is 2.79. The molecule has 0 saturated carbocycles. The number of aromatic nitrogens is 3. The molecule has 2 heterocycles. The Labute approximate surface area is 93.5 Å². The second kappa shape index (κ2) is 3.23. The number of imidazole rings is 1. The van der Waals surface area contributed by atoms with Crippen LogP contribution >= 0.6 is 0 Å². The highest BCUT2D eigenvalue weighted by Crippen LogP contribution is 2.24. The Morgan fingerprint density at radius 2 is 1.88 bits per heavy atom. The molecular weight excluding hydrogens is 198 g/mol. The average Bonchev–Trinajstić information content (AvgIpc) is 2.81. The van der Waals surface area contributed by atoms with Gasteiger partial charge in [-0.1, -0.05) is 18.2 Å². The lowest BCUT2D eigenvalue weighted by molar-refractivity contribution is 1.13. The van der Waals surface area contributed by atoms with Crippen molar-refractivity contribution >= 4 is 10.9 Å². The van der Waals surface area contributed by atoms with Crippen LogP contribution in [0.4, 0.5) is 0 Å². The highest BCUT2D eigenvalue weighted by atomic mass is 14.9. The van der Waals surface area contributed by atoms with Gasteiger partial charge in [0, 0.05) is 16.6 Å². The van der Waals surface area contributed by atoms with E-state index in [-0.39, 0.29) is 0 Å². The quantitative estimate of drug-likeness (QED) is 0.638. The maximum Gasteiger partial charge on any atom is 0.108 e. The Bertz CT molecular complexity index is 613. The third kappa shape index (κ3) is 1.33. The molecule has 0 amide bonds. The minimum atomic E-state index is 0.950. The minimum absolute atomic E-state index is 0.950. The monoisotopic (exact) mass is 211 g/mol. The van der Waals surface area contributed by atoms with Crippen LogP contribution in [0.2, 0.25) is 0 Å². The fourth-order valence-corrected chi connectivity index (χ4v) is 2.07. The second-order valence-electron chi connectivity index (χ2n) is 4.07. The van der Waals surface area contributed by atoms with E-state index in [1.54, 1.807) is 0 Å². The topological polar surface area (TPSA) is 44.5 Å². The first-order chi connectivity index (χ1) is 7.74. The summed E-state index contributed by atoms with van der Waals surface area (Å²) in [7, 11) is 0. The zero-order valence-corrected chi connectivity index (χ0v) is 9.33. The first-order valence-corrected chi connectivity index (χ1v) is 5.35. The molecule has 2 N–H and O–H groups in total. The number of aryl methyl sites for hydroxylation is 2. The Morgan fingerprint density at radius 1 is 1.06 bits per heavy atom. The molecule has 0 aliphatic heterocycles. The number of hydrogen-bond donors (Lipinski definition) is 2. The van der Waals surface area contributed by atoms with Gasteiger partial charge >= 0.3 is 0 Å². The predicted molar refractivity (Wildman–Crippen MR) is 65.4 cm³/mol. The molecule has 80 valence electrons. The van der Waals surface area contributed by atoms with E-state index < -0.39 is 0 Å². The Hall–Kier alpha value is -2.03.